The Balaban J connectivity index is 1.96. The Morgan fingerprint density at radius 1 is 1.11 bits per heavy atom. The lowest BCUT2D eigenvalue weighted by atomic mass is 10.1. The fourth-order valence-electron chi connectivity index (χ4n) is 2.81. The highest BCUT2D eigenvalue weighted by atomic mass is 16.5. The number of nitrogens with one attached hydrogen (secondary N) is 3. The van der Waals surface area contributed by atoms with Crippen molar-refractivity contribution in [3.63, 3.8) is 0 Å². The topological polar surface area (TPSA) is 74.8 Å². The number of aryl methyl sites for hydroxylation is 1. The van der Waals surface area contributed by atoms with E-state index in [1.165, 1.54) is 5.56 Å². The van der Waals surface area contributed by atoms with Gasteiger partial charge in [-0.15, -0.1) is 0 Å². The summed E-state index contributed by atoms with van der Waals surface area (Å²) in [7, 11) is 3.32. The summed E-state index contributed by atoms with van der Waals surface area (Å²) in [6, 6.07) is 13.8. The number of aliphatic imine (C=N–C) groups is 1. The van der Waals surface area contributed by atoms with Crippen LogP contribution in [0.4, 0.5) is 0 Å². The molecule has 3 N–H and O–H groups in total. The minimum absolute atomic E-state index is 0.0932. The number of rotatable bonds is 8. The molecule has 6 heteroatoms. The zero-order valence-electron chi connectivity index (χ0n) is 17.1. The van der Waals surface area contributed by atoms with Crippen LogP contribution in [0.15, 0.2) is 47.5 Å². The van der Waals surface area contributed by atoms with E-state index in [0.29, 0.717) is 12.1 Å². The molecule has 0 saturated carbocycles. The maximum absolute atomic E-state index is 11.8. The molecule has 0 fully saturated rings. The van der Waals surface area contributed by atoms with Gasteiger partial charge in [-0.3, -0.25) is 4.79 Å². The quantitative estimate of drug-likeness (QED) is 0.485. The molecule has 2 aromatic rings. The highest BCUT2D eigenvalue weighted by molar-refractivity contribution is 5.94. The van der Waals surface area contributed by atoms with E-state index in [2.05, 4.69) is 39.1 Å². The van der Waals surface area contributed by atoms with Crippen molar-refractivity contribution in [2.45, 2.75) is 26.8 Å². The Bertz CT molecular complexity index is 818. The summed E-state index contributed by atoms with van der Waals surface area (Å²) in [5.41, 5.74) is 3.97. The van der Waals surface area contributed by atoms with Gasteiger partial charge >= 0.3 is 0 Å². The Hall–Kier alpha value is -3.02. The van der Waals surface area contributed by atoms with Gasteiger partial charge in [0.1, 0.15) is 5.75 Å². The second-order valence-electron chi connectivity index (χ2n) is 6.46. The molecule has 28 heavy (non-hydrogen) atoms. The van der Waals surface area contributed by atoms with Gasteiger partial charge in [0.15, 0.2) is 5.96 Å². The number of ether oxygens (including phenoxy) is 1. The number of carbonyl (C=O) groups excluding carboxylic acids is 1. The zero-order chi connectivity index (χ0) is 20.4. The Labute approximate surface area is 167 Å². The fourth-order valence-corrected chi connectivity index (χ4v) is 2.81. The van der Waals surface area contributed by atoms with Gasteiger partial charge < -0.3 is 20.7 Å². The standard InChI is InChI=1S/C22H30N4O2/c1-5-24-22(25-12-11-17-10-9-16(2)20(14-17)28-4)26-15-18-7-6-8-19(13-18)21(27)23-3/h6-10,13-14H,5,11-12,15H2,1-4H3,(H,23,27)(H2,24,25,26). The Morgan fingerprint density at radius 2 is 1.93 bits per heavy atom. The van der Waals surface area contributed by atoms with Crippen LogP contribution >= 0.6 is 0 Å². The van der Waals surface area contributed by atoms with Gasteiger partial charge in [-0.05, 0) is 55.2 Å². The van der Waals surface area contributed by atoms with Gasteiger partial charge in [-0.1, -0.05) is 24.3 Å². The van der Waals surface area contributed by atoms with E-state index in [1.54, 1.807) is 20.2 Å². The van der Waals surface area contributed by atoms with Crippen LogP contribution in [0.2, 0.25) is 0 Å². The van der Waals surface area contributed by atoms with Crippen LogP contribution in [0, 0.1) is 6.92 Å². The van der Waals surface area contributed by atoms with Crippen molar-refractivity contribution in [2.75, 3.05) is 27.2 Å². The van der Waals surface area contributed by atoms with Crippen molar-refractivity contribution >= 4 is 11.9 Å². The Kier molecular flexibility index (Phi) is 8.34. The van der Waals surface area contributed by atoms with Crippen molar-refractivity contribution in [1.29, 1.82) is 0 Å². The SMILES string of the molecule is CCNC(=NCc1cccc(C(=O)NC)c1)NCCc1ccc(C)c(OC)c1. The van der Waals surface area contributed by atoms with Crippen molar-refractivity contribution in [3.8, 4) is 5.75 Å². The summed E-state index contributed by atoms with van der Waals surface area (Å²) in [4.78, 5) is 16.4. The van der Waals surface area contributed by atoms with E-state index in [1.807, 2.05) is 32.0 Å². The van der Waals surface area contributed by atoms with Gasteiger partial charge in [0.25, 0.3) is 5.91 Å². The minimum atomic E-state index is -0.0932. The summed E-state index contributed by atoms with van der Waals surface area (Å²) in [6.45, 7) is 6.11. The van der Waals surface area contributed by atoms with E-state index in [-0.39, 0.29) is 5.91 Å². The van der Waals surface area contributed by atoms with Crippen LogP contribution < -0.4 is 20.7 Å². The number of hydrogen-bond donors (Lipinski definition) is 3. The lowest BCUT2D eigenvalue weighted by molar-refractivity contribution is 0.0963. The van der Waals surface area contributed by atoms with Crippen LogP contribution in [-0.4, -0.2) is 39.1 Å². The first-order valence-electron chi connectivity index (χ1n) is 9.54. The predicted octanol–water partition coefficient (Wildman–Crippen LogP) is 2.66. The molecule has 0 saturated heterocycles. The zero-order valence-corrected chi connectivity index (χ0v) is 17.1. The molecule has 0 aliphatic heterocycles. The third-order valence-corrected chi connectivity index (χ3v) is 4.36. The van der Waals surface area contributed by atoms with Crippen LogP contribution in [0.3, 0.4) is 0 Å². The molecule has 0 unspecified atom stereocenters. The van der Waals surface area contributed by atoms with Gasteiger partial charge in [-0.2, -0.15) is 0 Å². The van der Waals surface area contributed by atoms with E-state index < -0.39 is 0 Å². The molecule has 6 nitrogen and oxygen atoms in total. The summed E-state index contributed by atoms with van der Waals surface area (Å²) < 4.78 is 5.39. The largest absolute Gasteiger partial charge is 0.496 e. The normalized spacial score (nSPS) is 11.1. The number of amides is 1. The monoisotopic (exact) mass is 382 g/mol. The molecule has 0 spiro atoms. The third-order valence-electron chi connectivity index (χ3n) is 4.36. The molecular weight excluding hydrogens is 352 g/mol. The van der Waals surface area contributed by atoms with Gasteiger partial charge in [0.2, 0.25) is 0 Å². The lowest BCUT2D eigenvalue weighted by Crippen LogP contribution is -2.38. The molecule has 0 aliphatic rings. The third kappa shape index (κ3) is 6.30. The van der Waals surface area contributed by atoms with E-state index in [9.17, 15) is 4.79 Å². The van der Waals surface area contributed by atoms with Crippen molar-refractivity contribution < 1.29 is 9.53 Å². The first-order valence-corrected chi connectivity index (χ1v) is 9.54. The fraction of sp³-hybridized carbons (Fsp3) is 0.364. The highest BCUT2D eigenvalue weighted by Crippen LogP contribution is 2.19. The molecule has 0 aliphatic carbocycles. The first-order chi connectivity index (χ1) is 13.6. The molecule has 1 amide bonds. The lowest BCUT2D eigenvalue weighted by Gasteiger charge is -2.12. The van der Waals surface area contributed by atoms with Crippen molar-refractivity contribution in [3.05, 3.63) is 64.7 Å². The smallest absolute Gasteiger partial charge is 0.251 e. The molecule has 0 aromatic heterocycles. The summed E-state index contributed by atoms with van der Waals surface area (Å²) in [5, 5.41) is 9.25. The number of benzene rings is 2. The number of guanidine groups is 1. The highest BCUT2D eigenvalue weighted by Gasteiger charge is 2.05. The van der Waals surface area contributed by atoms with Crippen LogP contribution in [0.1, 0.15) is 34.0 Å². The molecule has 0 atom stereocenters. The molecule has 0 heterocycles. The van der Waals surface area contributed by atoms with Gasteiger partial charge in [-0.25, -0.2) is 4.99 Å². The average Bonchev–Trinajstić information content (AvgIpc) is 2.72. The van der Waals surface area contributed by atoms with Crippen LogP contribution in [0.5, 0.6) is 5.75 Å². The Morgan fingerprint density at radius 3 is 2.64 bits per heavy atom. The first kappa shape index (κ1) is 21.3. The maximum Gasteiger partial charge on any atom is 0.251 e. The van der Waals surface area contributed by atoms with E-state index >= 15 is 0 Å². The summed E-state index contributed by atoms with van der Waals surface area (Å²) in [5.74, 6) is 1.57. The maximum atomic E-state index is 11.8. The van der Waals surface area contributed by atoms with E-state index in [4.69, 9.17) is 4.74 Å². The molecular formula is C22H30N4O2. The number of carbonyl (C=O) groups is 1. The van der Waals surface area contributed by atoms with Crippen molar-refractivity contribution in [2.24, 2.45) is 4.99 Å². The van der Waals surface area contributed by atoms with Crippen molar-refractivity contribution in [1.82, 2.24) is 16.0 Å². The predicted molar refractivity (Wildman–Crippen MR) is 114 cm³/mol. The molecule has 2 aromatic carbocycles. The molecule has 2 rings (SSSR count). The summed E-state index contributed by atoms with van der Waals surface area (Å²) in [6.07, 6.45) is 0.868. The second-order valence-corrected chi connectivity index (χ2v) is 6.46. The van der Waals surface area contributed by atoms with E-state index in [0.717, 1.165) is 42.3 Å². The molecule has 0 radical (unpaired) electrons. The van der Waals surface area contributed by atoms with Gasteiger partial charge in [0.05, 0.1) is 13.7 Å². The minimum Gasteiger partial charge on any atom is -0.496 e. The second kappa shape index (κ2) is 11.0. The number of methoxy groups -OCH3 is 1. The molecule has 150 valence electrons. The number of nitrogens with zero attached hydrogens (tertiary/aromatic N) is 1. The number of hydrogen-bond acceptors (Lipinski definition) is 3. The van der Waals surface area contributed by atoms with Crippen LogP contribution in [-0.2, 0) is 13.0 Å². The average molecular weight is 383 g/mol. The van der Waals surface area contributed by atoms with Gasteiger partial charge in [0, 0.05) is 25.7 Å². The molecule has 0 bridgehead atoms. The summed E-state index contributed by atoms with van der Waals surface area (Å²) >= 11 is 0. The van der Waals surface area contributed by atoms with Crippen LogP contribution in [0.25, 0.3) is 0 Å².